The molecule has 0 aromatic carbocycles. The maximum absolute atomic E-state index is 10.6. The summed E-state index contributed by atoms with van der Waals surface area (Å²) in [5.41, 5.74) is 0. The smallest absolute Gasteiger partial charge is 0.312 e. The summed E-state index contributed by atoms with van der Waals surface area (Å²) in [6.45, 7) is 4.09. The highest BCUT2D eigenvalue weighted by molar-refractivity contribution is 7.50. The molecule has 0 saturated heterocycles. The zero-order chi connectivity index (χ0) is 7.33. The molecule has 0 aromatic rings. The molecule has 0 bridgehead atoms. The Balaban J connectivity index is 3.58. The van der Waals surface area contributed by atoms with E-state index in [9.17, 15) is 4.57 Å². The Morgan fingerprint density at radius 2 is 2.22 bits per heavy atom. The van der Waals surface area contributed by atoms with Crippen LogP contribution in [0.15, 0.2) is 0 Å². The van der Waals surface area contributed by atoms with E-state index in [1.807, 2.05) is 0 Å². The maximum Gasteiger partial charge on any atom is 0.402 e. The highest BCUT2D eigenvalue weighted by Gasteiger charge is 2.14. The molecule has 0 fully saturated rings. The summed E-state index contributed by atoms with van der Waals surface area (Å²) < 4.78 is 15.1. The number of nitrogens with one attached hydrogen (secondary N) is 1. The largest absolute Gasteiger partial charge is 0.402 e. The molecule has 2 N–H and O–H groups in total. The summed E-state index contributed by atoms with van der Waals surface area (Å²) in [5.74, 6) is 0. The Morgan fingerprint density at radius 3 is 2.56 bits per heavy atom. The average molecular weight is 153 g/mol. The fourth-order valence-corrected chi connectivity index (χ4v) is 1.26. The Bertz CT molecular complexity index is 106. The molecule has 0 rings (SSSR count). The lowest BCUT2D eigenvalue weighted by molar-refractivity contribution is 0.264. The molecule has 0 saturated carbocycles. The SMILES string of the molecule is CCNP(=O)(O)OCC. The van der Waals surface area contributed by atoms with E-state index < -0.39 is 7.75 Å². The molecule has 0 aliphatic carbocycles. The molecule has 0 aliphatic rings. The van der Waals surface area contributed by atoms with E-state index in [1.54, 1.807) is 13.8 Å². The molecular formula is C4H12NO3P. The molecule has 0 aromatic heterocycles. The lowest BCUT2D eigenvalue weighted by atomic mass is 10.8. The van der Waals surface area contributed by atoms with Crippen molar-refractivity contribution in [3.05, 3.63) is 0 Å². The van der Waals surface area contributed by atoms with Crippen molar-refractivity contribution in [3.63, 3.8) is 0 Å². The van der Waals surface area contributed by atoms with Crippen molar-refractivity contribution in [1.29, 1.82) is 0 Å². The first-order valence-corrected chi connectivity index (χ1v) is 4.42. The van der Waals surface area contributed by atoms with Gasteiger partial charge in [0.2, 0.25) is 0 Å². The van der Waals surface area contributed by atoms with E-state index in [1.165, 1.54) is 0 Å². The summed E-state index contributed by atoms with van der Waals surface area (Å²) in [4.78, 5) is 8.74. The van der Waals surface area contributed by atoms with Gasteiger partial charge in [0.1, 0.15) is 0 Å². The highest BCUT2D eigenvalue weighted by atomic mass is 31.2. The third kappa shape index (κ3) is 4.60. The van der Waals surface area contributed by atoms with Crippen molar-refractivity contribution >= 4 is 7.75 Å². The second-order valence-electron chi connectivity index (χ2n) is 1.45. The van der Waals surface area contributed by atoms with Gasteiger partial charge in [0.05, 0.1) is 6.61 Å². The van der Waals surface area contributed by atoms with E-state index in [0.29, 0.717) is 6.54 Å². The van der Waals surface area contributed by atoms with Crippen LogP contribution in [-0.4, -0.2) is 18.0 Å². The van der Waals surface area contributed by atoms with Crippen LogP contribution in [0.2, 0.25) is 0 Å². The molecule has 56 valence electrons. The minimum atomic E-state index is -3.44. The lowest BCUT2D eigenvalue weighted by Crippen LogP contribution is -2.10. The van der Waals surface area contributed by atoms with Crippen LogP contribution in [0.3, 0.4) is 0 Å². The van der Waals surface area contributed by atoms with Crippen LogP contribution in [0.5, 0.6) is 0 Å². The van der Waals surface area contributed by atoms with Crippen molar-refractivity contribution in [2.45, 2.75) is 13.8 Å². The van der Waals surface area contributed by atoms with Gasteiger partial charge >= 0.3 is 7.75 Å². The summed E-state index contributed by atoms with van der Waals surface area (Å²) in [6.07, 6.45) is 0. The highest BCUT2D eigenvalue weighted by Crippen LogP contribution is 2.35. The molecule has 1 atom stereocenters. The van der Waals surface area contributed by atoms with Gasteiger partial charge in [-0.3, -0.25) is 4.52 Å². The third-order valence-electron chi connectivity index (χ3n) is 0.662. The van der Waals surface area contributed by atoms with Gasteiger partial charge in [0.25, 0.3) is 0 Å². The normalized spacial score (nSPS) is 17.2. The molecule has 0 radical (unpaired) electrons. The molecule has 5 heteroatoms. The number of rotatable bonds is 4. The standard InChI is InChI=1S/C4H12NO3P/c1-3-5-9(6,7)8-4-2/h3-4H2,1-2H3,(H2,5,6,7). The molecule has 9 heavy (non-hydrogen) atoms. The minimum Gasteiger partial charge on any atom is -0.312 e. The Hall–Kier alpha value is 0.110. The molecule has 1 unspecified atom stereocenters. The predicted octanol–water partition coefficient (Wildman–Crippen LogP) is 0.733. The van der Waals surface area contributed by atoms with E-state index in [-0.39, 0.29) is 6.61 Å². The van der Waals surface area contributed by atoms with Gasteiger partial charge in [-0.25, -0.2) is 9.65 Å². The van der Waals surface area contributed by atoms with Crippen LogP contribution in [0.25, 0.3) is 0 Å². The van der Waals surface area contributed by atoms with Gasteiger partial charge in [-0.05, 0) is 6.92 Å². The number of hydrogen-bond acceptors (Lipinski definition) is 2. The van der Waals surface area contributed by atoms with Crippen molar-refractivity contribution in [3.8, 4) is 0 Å². The monoisotopic (exact) mass is 153 g/mol. The van der Waals surface area contributed by atoms with Crippen molar-refractivity contribution in [2.24, 2.45) is 0 Å². The second kappa shape index (κ2) is 4.01. The first-order valence-electron chi connectivity index (χ1n) is 2.85. The van der Waals surface area contributed by atoms with Gasteiger partial charge < -0.3 is 4.89 Å². The van der Waals surface area contributed by atoms with Crippen LogP contribution in [0.1, 0.15) is 13.8 Å². The Morgan fingerprint density at radius 1 is 1.67 bits per heavy atom. The number of hydrogen-bond donors (Lipinski definition) is 2. The topological polar surface area (TPSA) is 58.6 Å². The van der Waals surface area contributed by atoms with Gasteiger partial charge in [0.15, 0.2) is 0 Å². The van der Waals surface area contributed by atoms with Gasteiger partial charge in [-0.2, -0.15) is 0 Å². The Kier molecular flexibility index (Phi) is 4.06. The Labute approximate surface area is 54.8 Å². The maximum atomic E-state index is 10.6. The van der Waals surface area contributed by atoms with Crippen LogP contribution >= 0.6 is 7.75 Å². The molecule has 0 amide bonds. The van der Waals surface area contributed by atoms with Gasteiger partial charge in [-0.15, -0.1) is 0 Å². The van der Waals surface area contributed by atoms with E-state index in [4.69, 9.17) is 4.89 Å². The quantitative estimate of drug-likeness (QED) is 0.584. The third-order valence-corrected chi connectivity index (χ3v) is 1.99. The fourth-order valence-electron chi connectivity index (χ4n) is 0.420. The second-order valence-corrected chi connectivity index (χ2v) is 3.07. The van der Waals surface area contributed by atoms with Crippen LogP contribution in [-0.2, 0) is 9.09 Å². The molecule has 0 heterocycles. The molecule has 0 spiro atoms. The first-order chi connectivity index (χ1) is 4.12. The first kappa shape index (κ1) is 9.11. The van der Waals surface area contributed by atoms with E-state index >= 15 is 0 Å². The summed E-state index contributed by atoms with van der Waals surface area (Å²) in [6, 6.07) is 0. The zero-order valence-corrected chi connectivity index (χ0v) is 6.52. The van der Waals surface area contributed by atoms with Crippen molar-refractivity contribution < 1.29 is 14.0 Å². The van der Waals surface area contributed by atoms with Gasteiger partial charge in [0, 0.05) is 6.54 Å². The zero-order valence-electron chi connectivity index (χ0n) is 5.63. The van der Waals surface area contributed by atoms with Gasteiger partial charge in [-0.1, -0.05) is 6.92 Å². The minimum absolute atomic E-state index is 0.251. The summed E-state index contributed by atoms with van der Waals surface area (Å²) >= 11 is 0. The van der Waals surface area contributed by atoms with E-state index in [0.717, 1.165) is 0 Å². The van der Waals surface area contributed by atoms with Crippen LogP contribution in [0, 0.1) is 0 Å². The molecule has 4 nitrogen and oxygen atoms in total. The van der Waals surface area contributed by atoms with Crippen molar-refractivity contribution in [1.82, 2.24) is 5.09 Å². The lowest BCUT2D eigenvalue weighted by Gasteiger charge is -2.08. The molecule has 0 aliphatic heterocycles. The fraction of sp³-hybridized carbons (Fsp3) is 1.00. The van der Waals surface area contributed by atoms with Crippen LogP contribution < -0.4 is 5.09 Å². The predicted molar refractivity (Wildman–Crippen MR) is 35.1 cm³/mol. The molecular weight excluding hydrogens is 141 g/mol. The van der Waals surface area contributed by atoms with Crippen molar-refractivity contribution in [2.75, 3.05) is 13.2 Å². The summed E-state index contributed by atoms with van der Waals surface area (Å²) in [7, 11) is -3.44. The van der Waals surface area contributed by atoms with Crippen LogP contribution in [0.4, 0.5) is 0 Å². The van der Waals surface area contributed by atoms with E-state index in [2.05, 4.69) is 9.61 Å². The summed E-state index contributed by atoms with van der Waals surface area (Å²) in [5, 5.41) is 2.31. The average Bonchev–Trinajstić information content (AvgIpc) is 1.64.